The molecular formula is C31H42N2O6. The number of fused-ring (bicyclic) bond motifs is 2. The molecule has 1 aromatic rings. The number of ether oxygens (including phenoxy) is 1. The van der Waals surface area contributed by atoms with E-state index in [0.717, 1.165) is 56.9 Å². The van der Waals surface area contributed by atoms with Crippen LogP contribution >= 0.6 is 0 Å². The highest BCUT2D eigenvalue weighted by atomic mass is 16.5. The normalized spacial score (nSPS) is 31.4. The van der Waals surface area contributed by atoms with E-state index < -0.39 is 18.1 Å². The first kappa shape index (κ1) is 28.8. The van der Waals surface area contributed by atoms with Crippen LogP contribution in [0.1, 0.15) is 83.6 Å². The Labute approximate surface area is 231 Å². The second-order valence-corrected chi connectivity index (χ2v) is 11.4. The van der Waals surface area contributed by atoms with Gasteiger partial charge in [0.2, 0.25) is 11.8 Å². The Kier molecular flexibility index (Phi) is 9.81. The summed E-state index contributed by atoms with van der Waals surface area (Å²) in [5.41, 5.74) is 0.964. The van der Waals surface area contributed by atoms with Crippen LogP contribution in [0.4, 0.5) is 0 Å². The van der Waals surface area contributed by atoms with Crippen LogP contribution < -0.4 is 0 Å². The van der Waals surface area contributed by atoms with Crippen molar-refractivity contribution in [1.29, 1.82) is 0 Å². The molecule has 212 valence electrons. The van der Waals surface area contributed by atoms with Gasteiger partial charge in [0.15, 0.2) is 0 Å². The van der Waals surface area contributed by atoms with Crippen LogP contribution in [-0.4, -0.2) is 62.8 Å². The summed E-state index contributed by atoms with van der Waals surface area (Å²) in [6.45, 7) is 4.11. The van der Waals surface area contributed by atoms with Crippen molar-refractivity contribution in [2.45, 2.75) is 109 Å². The number of benzene rings is 1. The summed E-state index contributed by atoms with van der Waals surface area (Å²) in [7, 11) is 0. The summed E-state index contributed by atoms with van der Waals surface area (Å²) in [4.78, 5) is 51.9. The zero-order valence-electron chi connectivity index (χ0n) is 23.2. The first-order valence-corrected chi connectivity index (χ1v) is 14.5. The van der Waals surface area contributed by atoms with Gasteiger partial charge in [-0.3, -0.25) is 9.59 Å². The van der Waals surface area contributed by atoms with E-state index >= 15 is 0 Å². The molecule has 0 radical (unpaired) electrons. The van der Waals surface area contributed by atoms with Crippen molar-refractivity contribution in [1.82, 2.24) is 9.80 Å². The van der Waals surface area contributed by atoms with Crippen molar-refractivity contribution >= 4 is 23.8 Å². The average molecular weight is 539 g/mol. The lowest BCUT2D eigenvalue weighted by atomic mass is 9.95. The maximum Gasteiger partial charge on any atom is 0.329 e. The SMILES string of the molecule is C[C@H]1C/C=C\C[C@H]2CC[C@@H](C(=O)OCc3ccccc3)N2C1=O.C[C@H]1CCCC[C@H]2CC[C@@H](C(=O)O)N2C1=O. The Balaban J connectivity index is 0.000000193. The lowest BCUT2D eigenvalue weighted by molar-refractivity contribution is -0.156. The monoisotopic (exact) mass is 538 g/mol. The molecule has 0 bridgehead atoms. The summed E-state index contributed by atoms with van der Waals surface area (Å²) in [5, 5.41) is 9.12. The number of hydrogen-bond donors (Lipinski definition) is 1. The lowest BCUT2D eigenvalue weighted by Gasteiger charge is -2.32. The van der Waals surface area contributed by atoms with Crippen LogP contribution in [0.5, 0.6) is 0 Å². The van der Waals surface area contributed by atoms with Gasteiger partial charge < -0.3 is 19.6 Å². The molecule has 8 heteroatoms. The fourth-order valence-corrected chi connectivity index (χ4v) is 6.36. The molecule has 6 atom stereocenters. The predicted octanol–water partition coefficient (Wildman–Crippen LogP) is 4.72. The van der Waals surface area contributed by atoms with Gasteiger partial charge in [-0.05, 0) is 56.9 Å². The molecule has 4 aliphatic rings. The molecule has 0 aliphatic carbocycles. The molecule has 4 aliphatic heterocycles. The van der Waals surface area contributed by atoms with E-state index in [4.69, 9.17) is 9.84 Å². The maximum atomic E-state index is 12.7. The van der Waals surface area contributed by atoms with E-state index in [2.05, 4.69) is 12.2 Å². The van der Waals surface area contributed by atoms with Gasteiger partial charge in [0.05, 0.1) is 0 Å². The number of aliphatic carboxylic acids is 1. The molecule has 3 fully saturated rings. The first-order chi connectivity index (χ1) is 18.8. The van der Waals surface area contributed by atoms with Crippen molar-refractivity contribution in [3.63, 3.8) is 0 Å². The van der Waals surface area contributed by atoms with Crippen molar-refractivity contribution in [3.05, 3.63) is 48.0 Å². The first-order valence-electron chi connectivity index (χ1n) is 14.5. The third-order valence-corrected chi connectivity index (χ3v) is 8.63. The summed E-state index contributed by atoms with van der Waals surface area (Å²) in [5.74, 6) is -1.07. The fourth-order valence-electron chi connectivity index (χ4n) is 6.36. The van der Waals surface area contributed by atoms with Gasteiger partial charge in [-0.15, -0.1) is 0 Å². The number of carbonyl (C=O) groups excluding carboxylic acids is 3. The molecule has 2 amide bonds. The van der Waals surface area contributed by atoms with Crippen LogP contribution in [0, 0.1) is 11.8 Å². The molecule has 8 nitrogen and oxygen atoms in total. The number of hydrogen-bond acceptors (Lipinski definition) is 5. The summed E-state index contributed by atoms with van der Waals surface area (Å²) >= 11 is 0. The minimum absolute atomic E-state index is 0.0113. The van der Waals surface area contributed by atoms with Crippen LogP contribution in [0.3, 0.4) is 0 Å². The number of esters is 1. The summed E-state index contributed by atoms with van der Waals surface area (Å²) in [6, 6.07) is 8.95. The zero-order valence-corrected chi connectivity index (χ0v) is 23.2. The number of carboxylic acid groups (broad SMARTS) is 1. The second-order valence-electron chi connectivity index (χ2n) is 11.4. The minimum Gasteiger partial charge on any atom is -0.480 e. The van der Waals surface area contributed by atoms with Gasteiger partial charge in [-0.1, -0.05) is 69.2 Å². The molecule has 5 rings (SSSR count). The molecule has 0 spiro atoms. The average Bonchev–Trinajstić information content (AvgIpc) is 3.55. The molecule has 3 saturated heterocycles. The third kappa shape index (κ3) is 6.89. The van der Waals surface area contributed by atoms with Crippen LogP contribution in [0.25, 0.3) is 0 Å². The van der Waals surface area contributed by atoms with E-state index in [9.17, 15) is 19.2 Å². The number of carboxylic acids is 1. The topological polar surface area (TPSA) is 104 Å². The van der Waals surface area contributed by atoms with Gasteiger partial charge in [-0.25, -0.2) is 9.59 Å². The van der Waals surface area contributed by atoms with Gasteiger partial charge in [0.25, 0.3) is 0 Å². The highest BCUT2D eigenvalue weighted by Gasteiger charge is 2.43. The highest BCUT2D eigenvalue weighted by molar-refractivity contribution is 5.87. The van der Waals surface area contributed by atoms with Crippen LogP contribution in [0.15, 0.2) is 42.5 Å². The zero-order chi connectivity index (χ0) is 27.9. The van der Waals surface area contributed by atoms with Gasteiger partial charge in [0.1, 0.15) is 18.7 Å². The van der Waals surface area contributed by atoms with Crippen LogP contribution in [0.2, 0.25) is 0 Å². The van der Waals surface area contributed by atoms with Crippen molar-refractivity contribution in [2.75, 3.05) is 0 Å². The molecule has 39 heavy (non-hydrogen) atoms. The molecule has 1 N–H and O–H groups in total. The third-order valence-electron chi connectivity index (χ3n) is 8.63. The Morgan fingerprint density at radius 3 is 2.15 bits per heavy atom. The standard InChI is InChI=1S/C19H23NO3.C12H19NO3/c1-14-7-5-6-10-16-11-12-17(20(16)18(14)21)19(22)23-13-15-8-3-2-4-9-15;1-8-4-2-3-5-9-6-7-10(12(15)16)13(9)11(8)14/h2-6,8-9,14,16-17H,7,10-13H2,1H3;8-10H,2-7H2,1H3,(H,15,16)/b6-5-;/t14-,16-,17-;8-,9-,10-/m00/s1. The highest BCUT2D eigenvalue weighted by Crippen LogP contribution is 2.33. The molecule has 0 saturated carbocycles. The Bertz CT molecular complexity index is 1060. The molecular weight excluding hydrogens is 496 g/mol. The number of carbonyl (C=O) groups is 4. The van der Waals surface area contributed by atoms with E-state index in [1.807, 2.05) is 44.2 Å². The largest absolute Gasteiger partial charge is 0.480 e. The Morgan fingerprint density at radius 2 is 1.41 bits per heavy atom. The molecule has 0 aromatic heterocycles. The molecule has 4 heterocycles. The maximum absolute atomic E-state index is 12.7. The number of allylic oxidation sites excluding steroid dienone is 1. The smallest absolute Gasteiger partial charge is 0.329 e. The van der Waals surface area contributed by atoms with Gasteiger partial charge >= 0.3 is 11.9 Å². The number of rotatable bonds is 4. The summed E-state index contributed by atoms with van der Waals surface area (Å²) in [6.07, 6.45) is 12.9. The van der Waals surface area contributed by atoms with Crippen molar-refractivity contribution < 1.29 is 29.0 Å². The van der Waals surface area contributed by atoms with Crippen molar-refractivity contribution in [2.24, 2.45) is 11.8 Å². The Morgan fingerprint density at radius 1 is 0.795 bits per heavy atom. The Hall–Kier alpha value is -3.16. The van der Waals surface area contributed by atoms with E-state index in [-0.39, 0.29) is 48.3 Å². The van der Waals surface area contributed by atoms with E-state index in [1.165, 1.54) is 0 Å². The predicted molar refractivity (Wildman–Crippen MR) is 146 cm³/mol. The van der Waals surface area contributed by atoms with Gasteiger partial charge in [0, 0.05) is 23.9 Å². The number of nitrogens with zero attached hydrogens (tertiary/aromatic N) is 2. The van der Waals surface area contributed by atoms with Gasteiger partial charge in [-0.2, -0.15) is 0 Å². The second kappa shape index (κ2) is 13.3. The fraction of sp³-hybridized carbons (Fsp3) is 0.613. The molecule has 1 aromatic carbocycles. The van der Waals surface area contributed by atoms with Crippen molar-refractivity contribution in [3.8, 4) is 0 Å². The number of amides is 2. The lowest BCUT2D eigenvalue weighted by Crippen LogP contribution is -2.48. The quantitative estimate of drug-likeness (QED) is 0.440. The van der Waals surface area contributed by atoms with E-state index in [0.29, 0.717) is 12.8 Å². The minimum atomic E-state index is -0.844. The molecule has 0 unspecified atom stereocenters. The van der Waals surface area contributed by atoms with Crippen LogP contribution in [-0.2, 0) is 30.5 Å². The summed E-state index contributed by atoms with van der Waals surface area (Å²) < 4.78 is 5.47. The van der Waals surface area contributed by atoms with E-state index in [1.54, 1.807) is 9.80 Å².